The minimum Gasteiger partial charge on any atom is -0.381 e. The Morgan fingerprint density at radius 1 is 1.39 bits per heavy atom. The van der Waals surface area contributed by atoms with Crippen molar-refractivity contribution >= 4 is 11.9 Å². The maximum Gasteiger partial charge on any atom is 0.167 e. The topological polar surface area (TPSA) is 40.5 Å². The van der Waals surface area contributed by atoms with Crippen LogP contribution in [0.5, 0.6) is 0 Å². The van der Waals surface area contributed by atoms with E-state index in [0.717, 1.165) is 5.56 Å². The van der Waals surface area contributed by atoms with Crippen LogP contribution in [0.15, 0.2) is 36.4 Å². The normalized spacial score (nSPS) is 29.9. The summed E-state index contributed by atoms with van der Waals surface area (Å²) in [5, 5.41) is 9.90. The number of likely N-dealkylation sites (N-methyl/N-ethyl adjacent to an activating group) is 1. The number of ketones is 1. The molecule has 0 aromatic heterocycles. The van der Waals surface area contributed by atoms with Crippen LogP contribution in [0.25, 0.3) is 6.08 Å². The highest BCUT2D eigenvalue weighted by Gasteiger charge is 2.38. The van der Waals surface area contributed by atoms with Crippen LogP contribution in [0.3, 0.4) is 0 Å². The molecule has 0 unspecified atom stereocenters. The number of nitrogens with zero attached hydrogens (tertiary/aromatic N) is 1. The molecule has 1 aromatic rings. The number of benzene rings is 1. The first-order chi connectivity index (χ1) is 8.49. The molecule has 0 spiro atoms. The van der Waals surface area contributed by atoms with Gasteiger partial charge in [0, 0.05) is 19.0 Å². The summed E-state index contributed by atoms with van der Waals surface area (Å²) < 4.78 is 0. The maximum atomic E-state index is 11.8. The zero-order chi connectivity index (χ0) is 13.2. The monoisotopic (exact) mass is 245 g/mol. The fourth-order valence-electron chi connectivity index (χ4n) is 2.26. The standard InChI is InChI=1S/C15H19NO2/c1-15(18)11-16(2)13(10-14(15)17)9-8-12-6-4-3-5-7-12/h3-9,13,18H,10-11H2,1-2H3/b9-8+/t13-,15-/m1/s1. The average molecular weight is 245 g/mol. The number of Topliss-reactive ketones (excluding diaryl/α,β-unsaturated/α-hetero) is 1. The summed E-state index contributed by atoms with van der Waals surface area (Å²) in [6.07, 6.45) is 4.42. The fourth-order valence-corrected chi connectivity index (χ4v) is 2.26. The highest BCUT2D eigenvalue weighted by molar-refractivity contribution is 5.88. The van der Waals surface area contributed by atoms with E-state index < -0.39 is 5.60 Å². The van der Waals surface area contributed by atoms with Crippen molar-refractivity contribution in [3.05, 3.63) is 42.0 Å². The Morgan fingerprint density at radius 3 is 2.72 bits per heavy atom. The van der Waals surface area contributed by atoms with E-state index in [1.165, 1.54) is 0 Å². The van der Waals surface area contributed by atoms with Gasteiger partial charge in [-0.3, -0.25) is 9.69 Å². The summed E-state index contributed by atoms with van der Waals surface area (Å²) in [5.74, 6) is -0.0803. The van der Waals surface area contributed by atoms with Crippen molar-refractivity contribution < 1.29 is 9.90 Å². The van der Waals surface area contributed by atoms with Gasteiger partial charge in [0.2, 0.25) is 0 Å². The van der Waals surface area contributed by atoms with Crippen molar-refractivity contribution in [2.24, 2.45) is 0 Å². The zero-order valence-electron chi connectivity index (χ0n) is 10.8. The molecule has 0 radical (unpaired) electrons. The number of hydrogen-bond donors (Lipinski definition) is 1. The summed E-state index contributed by atoms with van der Waals surface area (Å²) in [5.41, 5.74) is -0.0815. The minimum atomic E-state index is -1.20. The van der Waals surface area contributed by atoms with Crippen LogP contribution in [0.4, 0.5) is 0 Å². The highest BCUT2D eigenvalue weighted by atomic mass is 16.3. The summed E-state index contributed by atoms with van der Waals surface area (Å²) in [7, 11) is 1.93. The Kier molecular flexibility index (Phi) is 3.64. The third kappa shape index (κ3) is 2.86. The molecular formula is C15H19NO2. The van der Waals surface area contributed by atoms with Crippen LogP contribution in [0.2, 0.25) is 0 Å². The second-order valence-corrected chi connectivity index (χ2v) is 5.15. The van der Waals surface area contributed by atoms with Crippen LogP contribution in [-0.2, 0) is 4.79 Å². The molecule has 0 bridgehead atoms. The Morgan fingerprint density at radius 2 is 2.06 bits per heavy atom. The molecule has 96 valence electrons. The minimum absolute atomic E-state index is 0.0675. The van der Waals surface area contributed by atoms with E-state index in [-0.39, 0.29) is 11.8 Å². The van der Waals surface area contributed by atoms with E-state index >= 15 is 0 Å². The molecular weight excluding hydrogens is 226 g/mol. The molecule has 0 aliphatic carbocycles. The summed E-state index contributed by atoms with van der Waals surface area (Å²) >= 11 is 0. The summed E-state index contributed by atoms with van der Waals surface area (Å²) in [6, 6.07) is 10.1. The van der Waals surface area contributed by atoms with Crippen molar-refractivity contribution in [3.63, 3.8) is 0 Å². The van der Waals surface area contributed by atoms with Gasteiger partial charge in [-0.1, -0.05) is 42.5 Å². The van der Waals surface area contributed by atoms with E-state index in [0.29, 0.717) is 13.0 Å². The van der Waals surface area contributed by atoms with Crippen LogP contribution in [0.1, 0.15) is 18.9 Å². The molecule has 1 saturated heterocycles. The predicted molar refractivity (Wildman–Crippen MR) is 72.1 cm³/mol. The number of piperidine rings is 1. The number of likely N-dealkylation sites (tertiary alicyclic amines) is 1. The van der Waals surface area contributed by atoms with Crippen molar-refractivity contribution in [1.29, 1.82) is 0 Å². The van der Waals surface area contributed by atoms with E-state index in [1.807, 2.05) is 54.4 Å². The number of rotatable bonds is 2. The lowest BCUT2D eigenvalue weighted by atomic mass is 9.89. The number of aliphatic hydroxyl groups is 1. The zero-order valence-corrected chi connectivity index (χ0v) is 10.8. The van der Waals surface area contributed by atoms with E-state index in [4.69, 9.17) is 0 Å². The second-order valence-electron chi connectivity index (χ2n) is 5.15. The van der Waals surface area contributed by atoms with E-state index in [2.05, 4.69) is 0 Å². The Bertz CT molecular complexity index is 451. The molecule has 3 heteroatoms. The van der Waals surface area contributed by atoms with Crippen molar-refractivity contribution in [2.45, 2.75) is 25.0 Å². The number of hydrogen-bond acceptors (Lipinski definition) is 3. The number of carbonyl (C=O) groups is 1. The molecule has 1 aromatic carbocycles. The molecule has 1 N–H and O–H groups in total. The molecule has 2 rings (SSSR count). The maximum absolute atomic E-state index is 11.8. The van der Waals surface area contributed by atoms with Gasteiger partial charge >= 0.3 is 0 Å². The van der Waals surface area contributed by atoms with E-state index in [9.17, 15) is 9.90 Å². The molecule has 1 fully saturated rings. The molecule has 1 aliphatic heterocycles. The molecule has 0 amide bonds. The number of β-amino-alcohol motifs (C(OH)–C–C–N with tert-alkyl or cyclic N) is 1. The van der Waals surface area contributed by atoms with Gasteiger partial charge in [-0.05, 0) is 19.5 Å². The average Bonchev–Trinajstić information content (AvgIpc) is 2.33. The number of carbonyl (C=O) groups excluding carboxylic acids is 1. The largest absolute Gasteiger partial charge is 0.381 e. The lowest BCUT2D eigenvalue weighted by molar-refractivity contribution is -0.143. The van der Waals surface area contributed by atoms with Gasteiger partial charge in [-0.2, -0.15) is 0 Å². The van der Waals surface area contributed by atoms with Crippen LogP contribution in [0, 0.1) is 0 Å². The van der Waals surface area contributed by atoms with Gasteiger partial charge in [0.1, 0.15) is 5.60 Å². The van der Waals surface area contributed by atoms with Gasteiger partial charge in [-0.25, -0.2) is 0 Å². The SMILES string of the molecule is CN1C[C@@](C)(O)C(=O)C[C@H]1/C=C/c1ccccc1. The van der Waals surface area contributed by atoms with Crippen LogP contribution < -0.4 is 0 Å². The molecule has 1 aliphatic rings. The van der Waals surface area contributed by atoms with Crippen molar-refractivity contribution in [3.8, 4) is 0 Å². The van der Waals surface area contributed by atoms with Crippen LogP contribution >= 0.6 is 0 Å². The first kappa shape index (κ1) is 13.0. The lowest BCUT2D eigenvalue weighted by Gasteiger charge is -2.38. The lowest BCUT2D eigenvalue weighted by Crippen LogP contribution is -2.54. The van der Waals surface area contributed by atoms with Gasteiger partial charge in [0.05, 0.1) is 0 Å². The first-order valence-electron chi connectivity index (χ1n) is 6.18. The molecule has 3 nitrogen and oxygen atoms in total. The molecule has 2 atom stereocenters. The molecule has 18 heavy (non-hydrogen) atoms. The molecule has 1 heterocycles. The van der Waals surface area contributed by atoms with Gasteiger partial charge < -0.3 is 5.11 Å². The quantitative estimate of drug-likeness (QED) is 0.862. The second kappa shape index (κ2) is 5.04. The van der Waals surface area contributed by atoms with E-state index in [1.54, 1.807) is 6.92 Å². The third-order valence-electron chi connectivity index (χ3n) is 3.43. The van der Waals surface area contributed by atoms with Gasteiger partial charge in [0.15, 0.2) is 5.78 Å². The molecule has 0 saturated carbocycles. The Hall–Kier alpha value is -1.45. The summed E-state index contributed by atoms with van der Waals surface area (Å²) in [6.45, 7) is 1.97. The Balaban J connectivity index is 2.07. The van der Waals surface area contributed by atoms with Crippen molar-refractivity contribution in [2.75, 3.05) is 13.6 Å². The summed E-state index contributed by atoms with van der Waals surface area (Å²) in [4.78, 5) is 13.8. The predicted octanol–water partition coefficient (Wildman–Crippen LogP) is 1.72. The van der Waals surface area contributed by atoms with Crippen molar-refractivity contribution in [1.82, 2.24) is 4.90 Å². The van der Waals surface area contributed by atoms with Crippen LogP contribution in [-0.4, -0.2) is 41.0 Å². The first-order valence-corrected chi connectivity index (χ1v) is 6.18. The third-order valence-corrected chi connectivity index (χ3v) is 3.43. The smallest absolute Gasteiger partial charge is 0.167 e. The van der Waals surface area contributed by atoms with Gasteiger partial charge in [-0.15, -0.1) is 0 Å². The Labute approximate surface area is 108 Å². The highest BCUT2D eigenvalue weighted by Crippen LogP contribution is 2.22. The van der Waals surface area contributed by atoms with Gasteiger partial charge in [0.25, 0.3) is 0 Å². The fraction of sp³-hybridized carbons (Fsp3) is 0.400.